The number of fused-ring (bicyclic) bond motifs is 1. The Morgan fingerprint density at radius 1 is 1.00 bits per heavy atom. The van der Waals surface area contributed by atoms with E-state index in [-0.39, 0.29) is 15.7 Å². The van der Waals surface area contributed by atoms with Crippen LogP contribution in [-0.2, 0) is 31.6 Å². The molecule has 0 N–H and O–H groups in total. The number of aromatic nitrogens is 1. The second-order valence-electron chi connectivity index (χ2n) is 11.8. The highest BCUT2D eigenvalue weighted by molar-refractivity contribution is 7.93. The van der Waals surface area contributed by atoms with E-state index >= 15 is 4.79 Å². The number of sulfonamides is 1. The standard InChI is InChI=1S/C32H35Cl2N5O6S/c1-36(2)31(41)45-29-7-6-16-38(29)32(24-11-8-21(17-27(24)44-3)20-37-14-4-5-15-37)25-18-22(33)9-12-26(25)39(30(32)40)46(42,43)28-13-10-23(34)19-35-28/h8-13,17-19,29H,4-7,14-16,20H2,1-3H3/t29-,32?/m0/s1. The van der Waals surface area contributed by atoms with Crippen LogP contribution in [0.15, 0.2) is 59.8 Å². The van der Waals surface area contributed by atoms with Gasteiger partial charge in [0.1, 0.15) is 5.75 Å². The van der Waals surface area contributed by atoms with Crippen molar-refractivity contribution in [3.63, 3.8) is 0 Å². The van der Waals surface area contributed by atoms with E-state index in [1.165, 1.54) is 42.5 Å². The molecule has 1 aromatic heterocycles. The highest BCUT2D eigenvalue weighted by Crippen LogP contribution is 2.55. The lowest BCUT2D eigenvalue weighted by molar-refractivity contribution is -0.132. The van der Waals surface area contributed by atoms with Gasteiger partial charge >= 0.3 is 6.09 Å². The van der Waals surface area contributed by atoms with Gasteiger partial charge in [-0.1, -0.05) is 35.3 Å². The zero-order valence-corrected chi connectivity index (χ0v) is 28.1. The number of anilines is 1. The Labute approximate surface area is 278 Å². The molecule has 2 atom stereocenters. The SMILES string of the molecule is COc1cc(CN2CCCC2)ccc1C1(N2CCC[C@@H]2OC(=O)N(C)C)C(=O)N(S(=O)(=O)c2ccc(Cl)cn2)c2ccc(Cl)cc21. The summed E-state index contributed by atoms with van der Waals surface area (Å²) in [5.41, 5.74) is 0.0229. The van der Waals surface area contributed by atoms with Crippen LogP contribution >= 0.6 is 23.2 Å². The lowest BCUT2D eigenvalue weighted by atomic mass is 9.81. The number of amides is 2. The first-order valence-corrected chi connectivity index (χ1v) is 17.2. The molecule has 2 fully saturated rings. The van der Waals surface area contributed by atoms with E-state index in [9.17, 15) is 13.2 Å². The lowest BCUT2D eigenvalue weighted by Crippen LogP contribution is -2.57. The fourth-order valence-corrected chi connectivity index (χ4v) is 8.35. The monoisotopic (exact) mass is 687 g/mol. The summed E-state index contributed by atoms with van der Waals surface area (Å²) in [6.45, 7) is 3.01. The third-order valence-electron chi connectivity index (χ3n) is 8.76. The number of ether oxygens (including phenoxy) is 2. The van der Waals surface area contributed by atoms with Crippen molar-refractivity contribution in [3.8, 4) is 5.75 Å². The fraction of sp³-hybridized carbons (Fsp3) is 0.406. The van der Waals surface area contributed by atoms with E-state index in [1.807, 2.05) is 18.2 Å². The largest absolute Gasteiger partial charge is 0.496 e. The molecule has 0 bridgehead atoms. The quantitative estimate of drug-likeness (QED) is 0.320. The molecule has 1 unspecified atom stereocenters. The van der Waals surface area contributed by atoms with Gasteiger partial charge in [0.05, 0.1) is 17.8 Å². The minimum atomic E-state index is -4.56. The number of halogens is 2. The molecule has 4 heterocycles. The number of hydrogen-bond acceptors (Lipinski definition) is 9. The first kappa shape index (κ1) is 32.5. The van der Waals surface area contributed by atoms with Gasteiger partial charge in [0.2, 0.25) is 0 Å². The third kappa shape index (κ3) is 5.49. The van der Waals surface area contributed by atoms with E-state index in [2.05, 4.69) is 9.88 Å². The van der Waals surface area contributed by atoms with Crippen molar-refractivity contribution in [3.05, 3.63) is 81.5 Å². The van der Waals surface area contributed by atoms with Gasteiger partial charge in [-0.15, -0.1) is 0 Å². The number of pyridine rings is 1. The predicted octanol–water partition coefficient (Wildman–Crippen LogP) is 5.09. The molecule has 244 valence electrons. The first-order valence-electron chi connectivity index (χ1n) is 15.0. The fourth-order valence-electron chi connectivity index (χ4n) is 6.68. The van der Waals surface area contributed by atoms with Gasteiger partial charge in [-0.2, -0.15) is 12.7 Å². The average molecular weight is 689 g/mol. The van der Waals surface area contributed by atoms with Crippen LogP contribution in [0, 0.1) is 0 Å². The van der Waals surface area contributed by atoms with Gasteiger partial charge in [0.25, 0.3) is 15.9 Å². The maximum Gasteiger partial charge on any atom is 0.410 e. The van der Waals surface area contributed by atoms with Crippen LogP contribution in [0.3, 0.4) is 0 Å². The van der Waals surface area contributed by atoms with Gasteiger partial charge in [0, 0.05) is 49.5 Å². The number of hydrogen-bond donors (Lipinski definition) is 0. The van der Waals surface area contributed by atoms with Crippen molar-refractivity contribution < 1.29 is 27.5 Å². The van der Waals surface area contributed by atoms with Gasteiger partial charge in [-0.3, -0.25) is 9.69 Å². The van der Waals surface area contributed by atoms with Crippen molar-refractivity contribution in [1.82, 2.24) is 19.7 Å². The Morgan fingerprint density at radius 3 is 2.41 bits per heavy atom. The summed E-state index contributed by atoms with van der Waals surface area (Å²) in [6, 6.07) is 12.9. The third-order valence-corrected chi connectivity index (χ3v) is 10.8. The number of benzene rings is 2. The van der Waals surface area contributed by atoms with Crippen LogP contribution in [0.5, 0.6) is 5.75 Å². The molecule has 2 saturated heterocycles. The minimum Gasteiger partial charge on any atom is -0.496 e. The predicted molar refractivity (Wildman–Crippen MR) is 174 cm³/mol. The van der Waals surface area contributed by atoms with Crippen LogP contribution in [0.4, 0.5) is 10.5 Å². The maximum atomic E-state index is 15.3. The molecule has 3 aromatic rings. The van der Waals surface area contributed by atoms with Crippen molar-refractivity contribution >= 4 is 50.9 Å². The summed E-state index contributed by atoms with van der Waals surface area (Å²) < 4.78 is 41.3. The van der Waals surface area contributed by atoms with Gasteiger partial charge < -0.3 is 14.4 Å². The normalized spacial score (nSPS) is 21.9. The number of nitrogens with zero attached hydrogens (tertiary/aromatic N) is 5. The number of carbonyl (C=O) groups excluding carboxylic acids is 2. The Morgan fingerprint density at radius 2 is 1.74 bits per heavy atom. The molecular formula is C32H35Cl2N5O6S. The molecule has 46 heavy (non-hydrogen) atoms. The van der Waals surface area contributed by atoms with Crippen LogP contribution < -0.4 is 9.04 Å². The van der Waals surface area contributed by atoms with E-state index in [0.29, 0.717) is 47.8 Å². The zero-order chi connectivity index (χ0) is 32.8. The van der Waals surface area contributed by atoms with Crippen molar-refractivity contribution in [2.45, 2.75) is 49.0 Å². The maximum absolute atomic E-state index is 15.3. The lowest BCUT2D eigenvalue weighted by Gasteiger charge is -2.41. The zero-order valence-electron chi connectivity index (χ0n) is 25.8. The molecule has 3 aliphatic heterocycles. The molecule has 14 heteroatoms. The summed E-state index contributed by atoms with van der Waals surface area (Å²) in [5, 5.41) is 0.187. The highest BCUT2D eigenvalue weighted by Gasteiger charge is 2.63. The van der Waals surface area contributed by atoms with Gasteiger partial charge in [0.15, 0.2) is 16.8 Å². The van der Waals surface area contributed by atoms with Gasteiger partial charge in [-0.25, -0.2) is 14.7 Å². The molecule has 0 aliphatic carbocycles. The van der Waals surface area contributed by atoms with E-state index < -0.39 is 33.8 Å². The number of rotatable bonds is 8. The highest BCUT2D eigenvalue weighted by atomic mass is 35.5. The second kappa shape index (κ2) is 12.6. The van der Waals surface area contributed by atoms with Crippen LogP contribution in [-0.4, -0.2) is 87.2 Å². The van der Waals surface area contributed by atoms with E-state index in [4.69, 9.17) is 32.7 Å². The number of methoxy groups -OCH3 is 1. The summed E-state index contributed by atoms with van der Waals surface area (Å²) in [7, 11) is 0.106. The van der Waals surface area contributed by atoms with E-state index in [1.54, 1.807) is 25.1 Å². The molecule has 3 aliphatic rings. The molecule has 11 nitrogen and oxygen atoms in total. The van der Waals surface area contributed by atoms with Crippen molar-refractivity contribution in [2.75, 3.05) is 45.1 Å². The second-order valence-corrected chi connectivity index (χ2v) is 14.5. The molecule has 2 amide bonds. The summed E-state index contributed by atoms with van der Waals surface area (Å²) in [4.78, 5) is 37.6. The summed E-state index contributed by atoms with van der Waals surface area (Å²) >= 11 is 12.6. The molecule has 6 rings (SSSR count). The number of carbonyl (C=O) groups is 2. The van der Waals surface area contributed by atoms with Gasteiger partial charge in [-0.05, 0) is 80.7 Å². The average Bonchev–Trinajstić information content (AvgIpc) is 3.76. The van der Waals surface area contributed by atoms with Crippen LogP contribution in [0.1, 0.15) is 42.4 Å². The Hall–Kier alpha value is -3.42. The van der Waals surface area contributed by atoms with Crippen molar-refractivity contribution in [1.29, 1.82) is 0 Å². The van der Waals surface area contributed by atoms with Crippen LogP contribution in [0.2, 0.25) is 10.0 Å². The summed E-state index contributed by atoms with van der Waals surface area (Å²) in [6.07, 6.45) is 3.04. The van der Waals surface area contributed by atoms with Crippen LogP contribution in [0.25, 0.3) is 0 Å². The molecule has 2 aromatic carbocycles. The summed E-state index contributed by atoms with van der Waals surface area (Å²) in [5.74, 6) is -0.399. The van der Waals surface area contributed by atoms with Crippen molar-refractivity contribution in [2.24, 2.45) is 0 Å². The van der Waals surface area contributed by atoms with E-state index in [0.717, 1.165) is 35.8 Å². The molecule has 0 radical (unpaired) electrons. The topological polar surface area (TPSA) is 113 Å². The molecular weight excluding hydrogens is 653 g/mol. The molecule has 0 saturated carbocycles. The Kier molecular flexibility index (Phi) is 8.94. The number of likely N-dealkylation sites (tertiary alicyclic amines) is 2. The Bertz CT molecular complexity index is 1770. The molecule has 0 spiro atoms. The Balaban J connectivity index is 1.59. The minimum absolute atomic E-state index is 0.110. The smallest absolute Gasteiger partial charge is 0.410 e. The first-order chi connectivity index (χ1) is 22.0.